The summed E-state index contributed by atoms with van der Waals surface area (Å²) in [5.41, 5.74) is 5.72. The molecule has 3 N–H and O–H groups in total. The Morgan fingerprint density at radius 2 is 1.62 bits per heavy atom. The summed E-state index contributed by atoms with van der Waals surface area (Å²) in [6.45, 7) is 0. The van der Waals surface area contributed by atoms with Gasteiger partial charge in [-0.1, -0.05) is 30.3 Å². The number of nitrogens with zero attached hydrogens (tertiary/aromatic N) is 2. The molecule has 24 heavy (non-hydrogen) atoms. The largest absolute Gasteiger partial charge is 0.475 e. The van der Waals surface area contributed by atoms with Crippen LogP contribution >= 0.6 is 0 Å². The van der Waals surface area contributed by atoms with Gasteiger partial charge < -0.3 is 10.8 Å². The van der Waals surface area contributed by atoms with Crippen LogP contribution in [-0.2, 0) is 0 Å². The predicted molar refractivity (Wildman–Crippen MR) is 90.0 cm³/mol. The van der Waals surface area contributed by atoms with Crippen LogP contribution in [0.25, 0.3) is 32.4 Å². The van der Waals surface area contributed by atoms with E-state index in [4.69, 9.17) is 10.8 Å². The van der Waals surface area contributed by atoms with Crippen molar-refractivity contribution in [1.29, 1.82) is 0 Å². The lowest BCUT2D eigenvalue weighted by molar-refractivity contribution is 0.0684. The number of fused-ring (bicyclic) bond motifs is 4. The van der Waals surface area contributed by atoms with Crippen molar-refractivity contribution in [2.75, 3.05) is 0 Å². The van der Waals surface area contributed by atoms with Crippen molar-refractivity contribution < 1.29 is 14.7 Å². The highest BCUT2D eigenvalue weighted by Gasteiger charge is 2.18. The van der Waals surface area contributed by atoms with Crippen molar-refractivity contribution in [2.24, 2.45) is 5.73 Å². The van der Waals surface area contributed by atoms with Gasteiger partial charge in [-0.15, -0.1) is 0 Å². The topological polar surface area (TPSA) is 106 Å². The number of benzene rings is 3. The summed E-state index contributed by atoms with van der Waals surface area (Å²) in [5, 5.41) is 13.3. The number of aromatic nitrogens is 2. The Balaban J connectivity index is 2.22. The van der Waals surface area contributed by atoms with E-state index >= 15 is 0 Å². The number of nitrogens with two attached hydrogens (primary N) is 1. The highest BCUT2D eigenvalue weighted by atomic mass is 16.4. The van der Waals surface area contributed by atoms with Crippen LogP contribution in [0.1, 0.15) is 21.1 Å². The van der Waals surface area contributed by atoms with Crippen molar-refractivity contribution in [3.05, 3.63) is 60.0 Å². The number of carbonyl (C=O) groups is 2. The number of rotatable bonds is 2. The fourth-order valence-electron chi connectivity index (χ4n) is 2.92. The molecule has 0 atom stereocenters. The molecule has 0 saturated heterocycles. The van der Waals surface area contributed by atoms with Crippen molar-refractivity contribution in [3.8, 4) is 0 Å². The SMILES string of the molecule is NC(=O)c1nc(C(=O)O)nc2ccc3cc4ccccc4cc3c12. The van der Waals surface area contributed by atoms with E-state index in [1.54, 1.807) is 6.07 Å². The molecule has 0 aliphatic carbocycles. The normalized spacial score (nSPS) is 11.2. The van der Waals surface area contributed by atoms with E-state index in [0.29, 0.717) is 10.9 Å². The van der Waals surface area contributed by atoms with Crippen molar-refractivity contribution in [1.82, 2.24) is 9.97 Å². The molecule has 0 aliphatic rings. The molecule has 4 rings (SSSR count). The maximum Gasteiger partial charge on any atom is 0.373 e. The number of carbonyl (C=O) groups excluding carboxylic acids is 1. The molecule has 1 heterocycles. The van der Waals surface area contributed by atoms with Crippen LogP contribution in [0.4, 0.5) is 0 Å². The molecular formula is C18H11N3O3. The van der Waals surface area contributed by atoms with Gasteiger partial charge in [0.1, 0.15) is 5.69 Å². The number of primary amides is 1. The molecule has 6 nitrogen and oxygen atoms in total. The van der Waals surface area contributed by atoms with Crippen LogP contribution in [0.2, 0.25) is 0 Å². The van der Waals surface area contributed by atoms with Crippen LogP contribution < -0.4 is 5.73 Å². The predicted octanol–water partition coefficient (Wildman–Crippen LogP) is 2.73. The van der Waals surface area contributed by atoms with Gasteiger partial charge >= 0.3 is 5.97 Å². The molecule has 0 fully saturated rings. The van der Waals surface area contributed by atoms with Crippen LogP contribution in [0, 0.1) is 0 Å². The summed E-state index contributed by atoms with van der Waals surface area (Å²) in [5.74, 6) is -2.54. The third-order valence-electron chi connectivity index (χ3n) is 3.97. The lowest BCUT2D eigenvalue weighted by Crippen LogP contribution is -2.17. The zero-order valence-electron chi connectivity index (χ0n) is 12.4. The summed E-state index contributed by atoms with van der Waals surface area (Å²) in [7, 11) is 0. The molecule has 0 saturated carbocycles. The fraction of sp³-hybridized carbons (Fsp3) is 0. The first-order valence-corrected chi connectivity index (χ1v) is 7.21. The average molecular weight is 317 g/mol. The van der Waals surface area contributed by atoms with Gasteiger partial charge in [-0.3, -0.25) is 4.79 Å². The molecule has 0 radical (unpaired) electrons. The third kappa shape index (κ3) is 2.04. The lowest BCUT2D eigenvalue weighted by Gasteiger charge is -2.09. The van der Waals surface area contributed by atoms with Gasteiger partial charge in [-0.05, 0) is 39.7 Å². The van der Waals surface area contributed by atoms with Crippen LogP contribution in [0.15, 0.2) is 48.5 Å². The molecule has 4 aromatic rings. The van der Waals surface area contributed by atoms with Gasteiger partial charge in [0.15, 0.2) is 0 Å². The van der Waals surface area contributed by atoms with E-state index in [0.717, 1.165) is 21.5 Å². The quantitative estimate of drug-likeness (QED) is 0.437. The molecule has 0 bridgehead atoms. The Kier molecular flexibility index (Phi) is 2.93. The molecule has 0 unspecified atom stereocenters. The number of amides is 1. The van der Waals surface area contributed by atoms with Crippen molar-refractivity contribution >= 4 is 44.3 Å². The summed E-state index contributed by atoms with van der Waals surface area (Å²) in [6.07, 6.45) is 0. The summed E-state index contributed by atoms with van der Waals surface area (Å²) < 4.78 is 0. The molecular weight excluding hydrogens is 306 g/mol. The van der Waals surface area contributed by atoms with Gasteiger partial charge in [0.25, 0.3) is 5.91 Å². The van der Waals surface area contributed by atoms with Gasteiger partial charge in [-0.25, -0.2) is 14.8 Å². The summed E-state index contributed by atoms with van der Waals surface area (Å²) in [6, 6.07) is 15.3. The van der Waals surface area contributed by atoms with E-state index in [2.05, 4.69) is 9.97 Å². The molecule has 3 aromatic carbocycles. The fourth-order valence-corrected chi connectivity index (χ4v) is 2.92. The number of hydrogen-bond donors (Lipinski definition) is 2. The average Bonchev–Trinajstić information content (AvgIpc) is 2.58. The Hall–Kier alpha value is -3.54. The van der Waals surface area contributed by atoms with Gasteiger partial charge in [-0.2, -0.15) is 0 Å². The first kappa shape index (κ1) is 14.1. The van der Waals surface area contributed by atoms with Gasteiger partial charge in [0, 0.05) is 5.39 Å². The molecule has 116 valence electrons. The van der Waals surface area contributed by atoms with E-state index < -0.39 is 17.7 Å². The molecule has 6 heteroatoms. The maximum absolute atomic E-state index is 11.8. The van der Waals surface area contributed by atoms with Crippen LogP contribution in [-0.4, -0.2) is 27.0 Å². The Labute approximate surface area is 135 Å². The van der Waals surface area contributed by atoms with E-state index in [1.165, 1.54) is 0 Å². The standard InChI is InChI=1S/C18H11N3O3/c19-16(22)15-14-12-8-10-4-2-1-3-9(10)7-11(12)5-6-13(14)20-17(21-15)18(23)24/h1-8H,(H2,19,22)(H,23,24). The molecule has 0 spiro atoms. The minimum atomic E-state index is -1.31. The summed E-state index contributed by atoms with van der Waals surface area (Å²) in [4.78, 5) is 30.9. The number of carboxylic acid groups (broad SMARTS) is 1. The molecule has 0 aliphatic heterocycles. The Bertz CT molecular complexity index is 1170. The highest BCUT2D eigenvalue weighted by molar-refractivity contribution is 6.18. The second-order valence-corrected chi connectivity index (χ2v) is 5.45. The zero-order valence-corrected chi connectivity index (χ0v) is 12.4. The minimum Gasteiger partial charge on any atom is -0.475 e. The first-order valence-electron chi connectivity index (χ1n) is 7.21. The second kappa shape index (κ2) is 4.99. The zero-order chi connectivity index (χ0) is 16.8. The maximum atomic E-state index is 11.8. The lowest BCUT2D eigenvalue weighted by atomic mass is 9.99. The Morgan fingerprint density at radius 1 is 0.917 bits per heavy atom. The van der Waals surface area contributed by atoms with E-state index in [9.17, 15) is 9.59 Å². The van der Waals surface area contributed by atoms with Gasteiger partial charge in [0.2, 0.25) is 5.82 Å². The summed E-state index contributed by atoms with van der Waals surface area (Å²) >= 11 is 0. The van der Waals surface area contributed by atoms with Crippen molar-refractivity contribution in [3.63, 3.8) is 0 Å². The number of aromatic carboxylic acids is 1. The molecule has 1 amide bonds. The van der Waals surface area contributed by atoms with Crippen molar-refractivity contribution in [2.45, 2.75) is 0 Å². The first-order chi connectivity index (χ1) is 11.5. The number of hydrogen-bond acceptors (Lipinski definition) is 4. The third-order valence-corrected chi connectivity index (χ3v) is 3.97. The van der Waals surface area contributed by atoms with Crippen LogP contribution in [0.3, 0.4) is 0 Å². The van der Waals surface area contributed by atoms with Crippen LogP contribution in [0.5, 0.6) is 0 Å². The highest BCUT2D eigenvalue weighted by Crippen LogP contribution is 2.30. The van der Waals surface area contributed by atoms with E-state index in [-0.39, 0.29) is 5.69 Å². The minimum absolute atomic E-state index is 0.0849. The molecule has 1 aromatic heterocycles. The monoisotopic (exact) mass is 317 g/mol. The smallest absolute Gasteiger partial charge is 0.373 e. The number of carboxylic acids is 1. The second-order valence-electron chi connectivity index (χ2n) is 5.45. The van der Waals surface area contributed by atoms with Gasteiger partial charge in [0.05, 0.1) is 5.52 Å². The van der Waals surface area contributed by atoms with E-state index in [1.807, 2.05) is 42.5 Å². The Morgan fingerprint density at radius 3 is 2.29 bits per heavy atom.